The van der Waals surface area contributed by atoms with Crippen LogP contribution in [0.4, 0.5) is 17.3 Å². The summed E-state index contributed by atoms with van der Waals surface area (Å²) in [6.45, 7) is 6.24. The Kier molecular flexibility index (Phi) is 4.62. The summed E-state index contributed by atoms with van der Waals surface area (Å²) in [5, 5.41) is 10.4. The maximum atomic E-state index is 5.08. The zero-order valence-electron chi connectivity index (χ0n) is 17.7. The van der Waals surface area contributed by atoms with Gasteiger partial charge in [0.15, 0.2) is 0 Å². The van der Waals surface area contributed by atoms with Gasteiger partial charge in [-0.25, -0.2) is 9.97 Å². The number of fused-ring (bicyclic) bond motifs is 5. The summed E-state index contributed by atoms with van der Waals surface area (Å²) in [5.74, 6) is 0.680. The molecule has 0 atom stereocenters. The molecule has 2 saturated heterocycles. The zero-order valence-corrected chi connectivity index (χ0v) is 17.7. The van der Waals surface area contributed by atoms with Gasteiger partial charge in [0, 0.05) is 54.7 Å². The van der Waals surface area contributed by atoms with Crippen LogP contribution in [0.2, 0.25) is 0 Å². The normalized spacial score (nSPS) is 19.2. The van der Waals surface area contributed by atoms with Crippen LogP contribution in [-0.2, 0) is 5.41 Å². The van der Waals surface area contributed by atoms with Gasteiger partial charge < -0.3 is 20.9 Å². The van der Waals surface area contributed by atoms with Gasteiger partial charge in [0.1, 0.15) is 0 Å². The zero-order chi connectivity index (χ0) is 20.7. The number of hydrogen-bond donors (Lipinski definition) is 3. The summed E-state index contributed by atoms with van der Waals surface area (Å²) in [6.07, 6.45) is 4.16. The van der Waals surface area contributed by atoms with Crippen LogP contribution in [0.1, 0.15) is 24.1 Å². The predicted octanol–water partition coefficient (Wildman–Crippen LogP) is 3.28. The molecule has 3 N–H and O–H groups in total. The Morgan fingerprint density at radius 3 is 2.39 bits per heavy atom. The maximum Gasteiger partial charge on any atom is 0.227 e. The molecular formula is C25H28N6. The Hall–Kier alpha value is -2.96. The Morgan fingerprint density at radius 1 is 0.839 bits per heavy atom. The minimum atomic E-state index is 0.00268. The van der Waals surface area contributed by atoms with E-state index in [0.717, 1.165) is 57.8 Å². The molecule has 3 aromatic rings. The number of piperidine rings is 1. The third kappa shape index (κ3) is 3.18. The molecule has 3 heterocycles. The topological polar surface area (TPSA) is 65.1 Å². The lowest BCUT2D eigenvalue weighted by Gasteiger charge is -2.35. The second-order valence-corrected chi connectivity index (χ2v) is 8.74. The molecule has 2 fully saturated rings. The van der Waals surface area contributed by atoms with Crippen LogP contribution in [0.25, 0.3) is 11.1 Å². The second-order valence-electron chi connectivity index (χ2n) is 8.74. The van der Waals surface area contributed by atoms with Crippen molar-refractivity contribution in [3.63, 3.8) is 0 Å². The van der Waals surface area contributed by atoms with Gasteiger partial charge in [-0.1, -0.05) is 24.3 Å². The fraction of sp³-hybridized carbons (Fsp3) is 0.360. The molecular weight excluding hydrogens is 384 g/mol. The molecule has 2 aliphatic heterocycles. The molecule has 3 aliphatic rings. The number of aromatic nitrogens is 2. The number of benzene rings is 2. The quantitative estimate of drug-likeness (QED) is 0.614. The molecule has 1 spiro atoms. The van der Waals surface area contributed by atoms with Crippen LogP contribution < -0.4 is 20.9 Å². The minimum absolute atomic E-state index is 0.00268. The Labute approximate surface area is 183 Å². The van der Waals surface area contributed by atoms with Crippen LogP contribution >= 0.6 is 0 Å². The fourth-order valence-corrected chi connectivity index (χ4v) is 5.43. The summed E-state index contributed by atoms with van der Waals surface area (Å²) in [7, 11) is 0. The van der Waals surface area contributed by atoms with Crippen LogP contribution in [-0.4, -0.2) is 49.2 Å². The molecule has 1 aromatic heterocycles. The first-order valence-electron chi connectivity index (χ1n) is 11.3. The highest BCUT2D eigenvalue weighted by Crippen LogP contribution is 2.52. The standard InChI is InChI=1S/C25H28N6/c1-2-4-22-20(3-1)21-17-28-24(30-23(21)25(22)9-11-26-12-10-25)29-18-5-7-19(8-6-18)31-15-13-27-14-16-31/h1-8,17,26-27H,9-16H2,(H,28,29,30). The predicted molar refractivity (Wildman–Crippen MR) is 125 cm³/mol. The summed E-state index contributed by atoms with van der Waals surface area (Å²) in [4.78, 5) is 12.2. The highest BCUT2D eigenvalue weighted by molar-refractivity contribution is 5.80. The molecule has 0 saturated carbocycles. The van der Waals surface area contributed by atoms with E-state index in [1.54, 1.807) is 0 Å². The molecule has 6 nitrogen and oxygen atoms in total. The van der Waals surface area contributed by atoms with Gasteiger partial charge in [0.05, 0.1) is 5.69 Å². The molecule has 2 aromatic carbocycles. The first-order valence-corrected chi connectivity index (χ1v) is 11.3. The van der Waals surface area contributed by atoms with Crippen molar-refractivity contribution in [2.75, 3.05) is 49.5 Å². The van der Waals surface area contributed by atoms with Crippen molar-refractivity contribution < 1.29 is 0 Å². The lowest BCUT2D eigenvalue weighted by atomic mass is 9.73. The van der Waals surface area contributed by atoms with E-state index in [0.29, 0.717) is 5.95 Å². The van der Waals surface area contributed by atoms with Gasteiger partial charge in [-0.3, -0.25) is 0 Å². The summed E-state index contributed by atoms with van der Waals surface area (Å²) >= 11 is 0. The number of rotatable bonds is 3. The minimum Gasteiger partial charge on any atom is -0.369 e. The van der Waals surface area contributed by atoms with E-state index in [-0.39, 0.29) is 5.41 Å². The van der Waals surface area contributed by atoms with Crippen LogP contribution in [0.15, 0.2) is 54.7 Å². The molecule has 6 rings (SSSR count). The molecule has 0 bridgehead atoms. The smallest absolute Gasteiger partial charge is 0.227 e. The number of anilines is 3. The van der Waals surface area contributed by atoms with E-state index in [1.807, 2.05) is 6.20 Å². The van der Waals surface area contributed by atoms with E-state index in [4.69, 9.17) is 4.98 Å². The largest absolute Gasteiger partial charge is 0.369 e. The van der Waals surface area contributed by atoms with Crippen molar-refractivity contribution in [3.05, 3.63) is 66.0 Å². The van der Waals surface area contributed by atoms with Gasteiger partial charge in [-0.2, -0.15) is 0 Å². The van der Waals surface area contributed by atoms with E-state index >= 15 is 0 Å². The third-order valence-electron chi connectivity index (χ3n) is 7.04. The van der Waals surface area contributed by atoms with Crippen molar-refractivity contribution >= 4 is 17.3 Å². The van der Waals surface area contributed by atoms with Crippen LogP contribution in [0.3, 0.4) is 0 Å². The average molecular weight is 413 g/mol. The molecule has 0 unspecified atom stereocenters. The molecule has 0 amide bonds. The van der Waals surface area contributed by atoms with E-state index in [9.17, 15) is 0 Å². The second kappa shape index (κ2) is 7.62. The maximum absolute atomic E-state index is 5.08. The lowest BCUT2D eigenvalue weighted by Crippen LogP contribution is -2.43. The van der Waals surface area contributed by atoms with Crippen molar-refractivity contribution in [1.29, 1.82) is 0 Å². The van der Waals surface area contributed by atoms with Gasteiger partial charge >= 0.3 is 0 Å². The average Bonchev–Trinajstić information content (AvgIpc) is 3.10. The van der Waals surface area contributed by atoms with Gasteiger partial charge in [-0.15, -0.1) is 0 Å². The monoisotopic (exact) mass is 412 g/mol. The van der Waals surface area contributed by atoms with Gasteiger partial charge in [0.25, 0.3) is 0 Å². The van der Waals surface area contributed by atoms with Gasteiger partial charge in [0.2, 0.25) is 5.95 Å². The SMILES string of the molecule is c1ccc2c(c1)-c1cnc(Nc3ccc(N4CCNCC4)cc3)nc1C21CCNCC1. The molecule has 1 aliphatic carbocycles. The first-order chi connectivity index (χ1) is 15.3. The van der Waals surface area contributed by atoms with Crippen molar-refractivity contribution in [2.24, 2.45) is 0 Å². The van der Waals surface area contributed by atoms with E-state index in [2.05, 4.69) is 74.4 Å². The molecule has 0 radical (unpaired) electrons. The number of nitrogens with one attached hydrogen (secondary N) is 3. The summed E-state index contributed by atoms with van der Waals surface area (Å²) in [6, 6.07) is 17.4. The van der Waals surface area contributed by atoms with Crippen molar-refractivity contribution in [2.45, 2.75) is 18.3 Å². The Bertz CT molecular complexity index is 1080. The van der Waals surface area contributed by atoms with E-state index in [1.165, 1.54) is 28.1 Å². The Balaban J connectivity index is 1.30. The summed E-state index contributed by atoms with van der Waals surface area (Å²) in [5.41, 5.74) is 7.38. The van der Waals surface area contributed by atoms with Crippen molar-refractivity contribution in [3.8, 4) is 11.1 Å². The molecule has 31 heavy (non-hydrogen) atoms. The number of nitrogens with zero attached hydrogens (tertiary/aromatic N) is 3. The lowest BCUT2D eigenvalue weighted by molar-refractivity contribution is 0.362. The molecule has 158 valence electrons. The summed E-state index contributed by atoms with van der Waals surface area (Å²) < 4.78 is 0. The van der Waals surface area contributed by atoms with Crippen molar-refractivity contribution in [1.82, 2.24) is 20.6 Å². The highest BCUT2D eigenvalue weighted by atomic mass is 15.2. The first kappa shape index (κ1) is 18.8. The Morgan fingerprint density at radius 2 is 1.58 bits per heavy atom. The molecule has 6 heteroatoms. The fourth-order valence-electron chi connectivity index (χ4n) is 5.43. The number of piperazine rings is 1. The van der Waals surface area contributed by atoms with Gasteiger partial charge in [-0.05, 0) is 61.3 Å². The van der Waals surface area contributed by atoms with E-state index < -0.39 is 0 Å². The van der Waals surface area contributed by atoms with Crippen LogP contribution in [0, 0.1) is 0 Å². The van der Waals surface area contributed by atoms with Crippen LogP contribution in [0.5, 0.6) is 0 Å². The third-order valence-corrected chi connectivity index (χ3v) is 7.04. The number of hydrogen-bond acceptors (Lipinski definition) is 6. The highest BCUT2D eigenvalue weighted by Gasteiger charge is 2.45.